The second kappa shape index (κ2) is 6.15. The smallest absolute Gasteiger partial charge is 0.181 e. The molecule has 1 rings (SSSR count). The van der Waals surface area contributed by atoms with E-state index in [9.17, 15) is 4.79 Å². The Hall–Kier alpha value is -0.680. The zero-order valence-corrected chi connectivity index (χ0v) is 11.7. The summed E-state index contributed by atoms with van der Waals surface area (Å²) in [7, 11) is 0.365. The molecule has 1 atom stereocenters. The topological polar surface area (TPSA) is 17.1 Å². The molecule has 0 heterocycles. The summed E-state index contributed by atoms with van der Waals surface area (Å²) >= 11 is 0. The van der Waals surface area contributed by atoms with Crippen LogP contribution in [0.25, 0.3) is 0 Å². The Balaban J connectivity index is 3.37. The van der Waals surface area contributed by atoms with E-state index in [0.717, 1.165) is 24.8 Å². The second-order valence-corrected chi connectivity index (χ2v) is 4.82. The summed E-state index contributed by atoms with van der Waals surface area (Å²) in [6.07, 6.45) is 3.04. The molecule has 1 aromatic carbocycles. The van der Waals surface area contributed by atoms with Crippen LogP contribution in [0.4, 0.5) is 0 Å². The van der Waals surface area contributed by atoms with Crippen LogP contribution in [-0.2, 0) is 19.3 Å². The summed E-state index contributed by atoms with van der Waals surface area (Å²) in [5.74, 6) is 0. The zero-order valence-electron chi connectivity index (χ0n) is 10.7. The molecule has 0 saturated carbocycles. The Morgan fingerprint density at radius 1 is 1.06 bits per heavy atom. The maximum absolute atomic E-state index is 11.9. The van der Waals surface area contributed by atoms with Gasteiger partial charge in [-0.15, -0.1) is 0 Å². The van der Waals surface area contributed by atoms with Crippen molar-refractivity contribution in [2.24, 2.45) is 0 Å². The van der Waals surface area contributed by atoms with E-state index in [1.54, 1.807) is 0 Å². The van der Waals surface area contributed by atoms with Crippen molar-refractivity contribution in [3.63, 3.8) is 0 Å². The molecule has 0 saturated heterocycles. The summed E-state index contributed by atoms with van der Waals surface area (Å²) in [6.45, 7) is 8.46. The van der Waals surface area contributed by atoms with Gasteiger partial charge in [0.05, 0.1) is 0 Å². The molecule has 0 aliphatic heterocycles. The van der Waals surface area contributed by atoms with E-state index >= 15 is 0 Å². The van der Waals surface area contributed by atoms with Gasteiger partial charge in [0, 0.05) is 5.56 Å². The van der Waals surface area contributed by atoms with Crippen molar-refractivity contribution in [2.75, 3.05) is 6.66 Å². The Morgan fingerprint density at radius 3 is 2.12 bits per heavy atom. The van der Waals surface area contributed by atoms with Crippen LogP contribution in [0, 0.1) is 0 Å². The molecule has 16 heavy (non-hydrogen) atoms. The fraction of sp³-hybridized carbons (Fsp3) is 0.500. The van der Waals surface area contributed by atoms with Gasteiger partial charge in [0.1, 0.15) is 0 Å². The Kier molecular flexibility index (Phi) is 5.15. The lowest BCUT2D eigenvalue weighted by Gasteiger charge is -2.15. The number of hydrogen-bond acceptors (Lipinski definition) is 1. The summed E-state index contributed by atoms with van der Waals surface area (Å²) in [5, 5.41) is 0. The van der Waals surface area contributed by atoms with Crippen molar-refractivity contribution >= 4 is 14.1 Å². The van der Waals surface area contributed by atoms with E-state index in [1.807, 2.05) is 12.7 Å². The molecule has 0 N–H and O–H groups in total. The molecule has 0 fully saturated rings. The Morgan fingerprint density at radius 2 is 1.69 bits per heavy atom. The van der Waals surface area contributed by atoms with Gasteiger partial charge in [0.15, 0.2) is 5.52 Å². The molecule has 0 aliphatic rings. The van der Waals surface area contributed by atoms with Crippen LogP contribution in [0.15, 0.2) is 12.1 Å². The monoisotopic (exact) mass is 236 g/mol. The largest absolute Gasteiger partial charge is 0.289 e. The lowest BCUT2D eigenvalue weighted by Crippen LogP contribution is -2.05. The number of carbonyl (C=O) groups excluding carboxylic acids is 1. The molecular weight excluding hydrogens is 215 g/mol. The first-order valence-corrected chi connectivity index (χ1v) is 7.55. The highest BCUT2D eigenvalue weighted by atomic mass is 31.1. The quantitative estimate of drug-likeness (QED) is 0.710. The van der Waals surface area contributed by atoms with Gasteiger partial charge in [-0.1, -0.05) is 32.9 Å². The molecule has 0 aliphatic carbocycles. The normalized spacial score (nSPS) is 11.2. The summed E-state index contributed by atoms with van der Waals surface area (Å²) in [6, 6.07) is 4.15. The minimum Gasteiger partial charge on any atom is -0.289 e. The van der Waals surface area contributed by atoms with Crippen molar-refractivity contribution in [3.05, 3.63) is 34.4 Å². The Labute approximate surface area is 100 Å². The van der Waals surface area contributed by atoms with Gasteiger partial charge in [0.2, 0.25) is 0 Å². The standard InChI is InChI=1S/C14H21OP/c1-5-10-8-9-13(14(15)16-4)12(7-3)11(10)6-2/h8-9,16H,5-7H2,1-4H3. The molecule has 0 amide bonds. The number of aryl methyl sites for hydroxylation is 1. The van der Waals surface area contributed by atoms with Crippen LogP contribution in [0.2, 0.25) is 0 Å². The fourth-order valence-corrected chi connectivity index (χ4v) is 2.77. The van der Waals surface area contributed by atoms with Crippen molar-refractivity contribution in [1.82, 2.24) is 0 Å². The molecule has 0 radical (unpaired) electrons. The van der Waals surface area contributed by atoms with Crippen molar-refractivity contribution in [2.45, 2.75) is 40.0 Å². The molecule has 1 aromatic rings. The van der Waals surface area contributed by atoms with Gasteiger partial charge in [-0.2, -0.15) is 0 Å². The van der Waals surface area contributed by atoms with E-state index in [1.165, 1.54) is 16.7 Å². The summed E-state index contributed by atoms with van der Waals surface area (Å²) < 4.78 is 0. The van der Waals surface area contributed by atoms with Gasteiger partial charge in [-0.3, -0.25) is 4.79 Å². The number of rotatable bonds is 5. The lowest BCUT2D eigenvalue weighted by atomic mass is 9.92. The minimum atomic E-state index is 0.300. The number of carbonyl (C=O) groups is 1. The van der Waals surface area contributed by atoms with E-state index in [-0.39, 0.29) is 0 Å². The summed E-state index contributed by atoms with van der Waals surface area (Å²) in [5.41, 5.74) is 5.33. The van der Waals surface area contributed by atoms with Crippen LogP contribution in [-0.4, -0.2) is 12.2 Å². The van der Waals surface area contributed by atoms with Gasteiger partial charge >= 0.3 is 0 Å². The van der Waals surface area contributed by atoms with Crippen LogP contribution >= 0.6 is 8.58 Å². The molecule has 0 aromatic heterocycles. The van der Waals surface area contributed by atoms with Crippen molar-refractivity contribution in [1.29, 1.82) is 0 Å². The predicted octanol–water partition coefficient (Wildman–Crippen LogP) is 3.82. The zero-order chi connectivity index (χ0) is 12.1. The molecule has 0 spiro atoms. The molecule has 1 unspecified atom stereocenters. The van der Waals surface area contributed by atoms with Gasteiger partial charge in [0.25, 0.3) is 0 Å². The van der Waals surface area contributed by atoms with Crippen LogP contribution in [0.3, 0.4) is 0 Å². The molecule has 2 heteroatoms. The van der Waals surface area contributed by atoms with Crippen LogP contribution < -0.4 is 0 Å². The first-order chi connectivity index (χ1) is 7.69. The highest BCUT2D eigenvalue weighted by Crippen LogP contribution is 2.25. The van der Waals surface area contributed by atoms with Crippen molar-refractivity contribution in [3.8, 4) is 0 Å². The number of benzene rings is 1. The third-order valence-corrected chi connectivity index (χ3v) is 3.81. The van der Waals surface area contributed by atoms with E-state index < -0.39 is 0 Å². The Bertz CT molecular complexity index is 383. The van der Waals surface area contributed by atoms with Crippen molar-refractivity contribution < 1.29 is 4.79 Å². The minimum absolute atomic E-state index is 0.300. The highest BCUT2D eigenvalue weighted by molar-refractivity contribution is 7.58. The second-order valence-electron chi connectivity index (χ2n) is 3.87. The maximum Gasteiger partial charge on any atom is 0.181 e. The van der Waals surface area contributed by atoms with E-state index in [0.29, 0.717) is 14.1 Å². The first kappa shape index (κ1) is 13.4. The van der Waals surface area contributed by atoms with Gasteiger partial charge in [-0.25, -0.2) is 0 Å². The average molecular weight is 236 g/mol. The third-order valence-electron chi connectivity index (χ3n) is 3.09. The summed E-state index contributed by atoms with van der Waals surface area (Å²) in [4.78, 5) is 11.9. The lowest BCUT2D eigenvalue weighted by molar-refractivity contribution is 0.108. The molecule has 0 bridgehead atoms. The first-order valence-electron chi connectivity index (χ1n) is 6.05. The van der Waals surface area contributed by atoms with Crippen LogP contribution in [0.5, 0.6) is 0 Å². The van der Waals surface area contributed by atoms with Crippen LogP contribution in [0.1, 0.15) is 47.8 Å². The maximum atomic E-state index is 11.9. The highest BCUT2D eigenvalue weighted by Gasteiger charge is 2.13. The SMILES string of the molecule is CCc1ccc(C(=O)PC)c(CC)c1CC. The predicted molar refractivity (Wildman–Crippen MR) is 73.1 cm³/mol. The van der Waals surface area contributed by atoms with E-state index in [2.05, 4.69) is 26.8 Å². The number of hydrogen-bond donors (Lipinski definition) is 0. The van der Waals surface area contributed by atoms with Gasteiger partial charge < -0.3 is 0 Å². The molecule has 1 nitrogen and oxygen atoms in total. The van der Waals surface area contributed by atoms with Gasteiger partial charge in [-0.05, 0) is 51.2 Å². The third kappa shape index (κ3) is 2.52. The molecule has 88 valence electrons. The van der Waals surface area contributed by atoms with E-state index in [4.69, 9.17) is 0 Å². The molecular formula is C14H21OP. The fourth-order valence-electron chi connectivity index (χ4n) is 2.26. The average Bonchev–Trinajstić information content (AvgIpc) is 2.35.